The molecule has 96 valence electrons. The van der Waals surface area contributed by atoms with Crippen molar-refractivity contribution in [3.05, 3.63) is 0 Å². The second-order valence-electron chi connectivity index (χ2n) is 4.03. The van der Waals surface area contributed by atoms with Gasteiger partial charge in [-0.15, -0.1) is 0 Å². The Kier molecular flexibility index (Phi) is 7.29. The Labute approximate surface area is 97.7 Å². The summed E-state index contributed by atoms with van der Waals surface area (Å²) in [5.41, 5.74) is 4.61. The van der Waals surface area contributed by atoms with E-state index >= 15 is 0 Å². The molecule has 0 aromatic heterocycles. The average Bonchev–Trinajstić information content (AvgIpc) is 2.24. The molecule has 0 aliphatic heterocycles. The molecule has 0 heterocycles. The Bertz CT molecular complexity index is 211. The van der Waals surface area contributed by atoms with Gasteiger partial charge in [0.15, 0.2) is 0 Å². The van der Waals surface area contributed by atoms with E-state index in [1.54, 1.807) is 14.0 Å². The number of primary amides is 1. The number of carbonyl (C=O) groups excluding carboxylic acids is 1. The van der Waals surface area contributed by atoms with Crippen LogP contribution in [0.1, 0.15) is 27.2 Å². The van der Waals surface area contributed by atoms with E-state index in [0.29, 0.717) is 26.2 Å². The zero-order chi connectivity index (χ0) is 12.6. The largest absolute Gasteiger partial charge is 0.379 e. The standard InChI is InChI=1S/C11H24N2O3/c1-5-15-6-7-16-9(2)8-11(3,13-4)10(12)14/h9,13H,5-8H2,1-4H3,(H2,12,14). The Balaban J connectivity index is 3.92. The van der Waals surface area contributed by atoms with Gasteiger partial charge in [0.05, 0.1) is 24.9 Å². The molecule has 0 spiro atoms. The SMILES string of the molecule is CCOCCOC(C)CC(C)(NC)C(N)=O. The van der Waals surface area contributed by atoms with Crippen molar-refractivity contribution in [3.63, 3.8) is 0 Å². The number of rotatable bonds is 9. The van der Waals surface area contributed by atoms with Crippen LogP contribution in [0.25, 0.3) is 0 Å². The van der Waals surface area contributed by atoms with Crippen molar-refractivity contribution in [1.82, 2.24) is 5.32 Å². The summed E-state index contributed by atoms with van der Waals surface area (Å²) in [4.78, 5) is 11.2. The van der Waals surface area contributed by atoms with Crippen LogP contribution in [0.2, 0.25) is 0 Å². The van der Waals surface area contributed by atoms with Crippen LogP contribution in [0.4, 0.5) is 0 Å². The molecule has 16 heavy (non-hydrogen) atoms. The Morgan fingerprint density at radius 2 is 2.12 bits per heavy atom. The van der Waals surface area contributed by atoms with Gasteiger partial charge in [-0.1, -0.05) is 0 Å². The minimum absolute atomic E-state index is 0.0367. The molecule has 5 heteroatoms. The van der Waals surface area contributed by atoms with Crippen LogP contribution in [0, 0.1) is 0 Å². The first-order valence-corrected chi connectivity index (χ1v) is 5.64. The quantitative estimate of drug-likeness (QED) is 0.560. The first kappa shape index (κ1) is 15.3. The van der Waals surface area contributed by atoms with Crippen LogP contribution in [0.5, 0.6) is 0 Å². The van der Waals surface area contributed by atoms with Gasteiger partial charge in [0.1, 0.15) is 0 Å². The highest BCUT2D eigenvalue weighted by Crippen LogP contribution is 2.13. The summed E-state index contributed by atoms with van der Waals surface area (Å²) in [6, 6.07) is 0. The average molecular weight is 232 g/mol. The smallest absolute Gasteiger partial charge is 0.237 e. The molecule has 0 fully saturated rings. The van der Waals surface area contributed by atoms with E-state index in [1.165, 1.54) is 0 Å². The van der Waals surface area contributed by atoms with Crippen LogP contribution >= 0.6 is 0 Å². The number of carbonyl (C=O) groups is 1. The molecule has 0 saturated carbocycles. The van der Waals surface area contributed by atoms with Gasteiger partial charge in [-0.05, 0) is 27.8 Å². The molecule has 0 bridgehead atoms. The maximum atomic E-state index is 11.2. The molecule has 0 rings (SSSR count). The van der Waals surface area contributed by atoms with Crippen molar-refractivity contribution in [2.24, 2.45) is 5.73 Å². The van der Waals surface area contributed by atoms with Gasteiger partial charge in [0, 0.05) is 13.0 Å². The van der Waals surface area contributed by atoms with Gasteiger partial charge in [-0.3, -0.25) is 4.79 Å². The number of ether oxygens (including phenoxy) is 2. The van der Waals surface area contributed by atoms with Gasteiger partial charge in [0.2, 0.25) is 5.91 Å². The normalized spacial score (nSPS) is 16.8. The molecule has 0 aromatic rings. The van der Waals surface area contributed by atoms with Crippen LogP contribution < -0.4 is 11.1 Å². The zero-order valence-corrected chi connectivity index (χ0v) is 10.7. The lowest BCUT2D eigenvalue weighted by Gasteiger charge is -2.28. The Morgan fingerprint density at radius 1 is 1.50 bits per heavy atom. The van der Waals surface area contributed by atoms with E-state index in [0.717, 1.165) is 0 Å². The topological polar surface area (TPSA) is 73.6 Å². The number of amides is 1. The third-order valence-electron chi connectivity index (χ3n) is 2.63. The summed E-state index contributed by atoms with van der Waals surface area (Å²) in [5.74, 6) is -0.366. The second-order valence-corrected chi connectivity index (χ2v) is 4.03. The monoisotopic (exact) mass is 232 g/mol. The fourth-order valence-corrected chi connectivity index (χ4v) is 1.41. The number of hydrogen-bond donors (Lipinski definition) is 2. The van der Waals surface area contributed by atoms with Crippen molar-refractivity contribution in [3.8, 4) is 0 Å². The van der Waals surface area contributed by atoms with Gasteiger partial charge in [0.25, 0.3) is 0 Å². The number of nitrogens with one attached hydrogen (secondary N) is 1. The van der Waals surface area contributed by atoms with E-state index < -0.39 is 5.54 Å². The van der Waals surface area contributed by atoms with Crippen molar-refractivity contribution < 1.29 is 14.3 Å². The predicted molar refractivity (Wildman–Crippen MR) is 63.2 cm³/mol. The molecule has 1 amide bonds. The number of nitrogens with two attached hydrogens (primary N) is 1. The lowest BCUT2D eigenvalue weighted by atomic mass is 9.94. The molecule has 0 saturated heterocycles. The first-order chi connectivity index (χ1) is 7.46. The lowest BCUT2D eigenvalue weighted by Crippen LogP contribution is -2.53. The van der Waals surface area contributed by atoms with Gasteiger partial charge in [-0.2, -0.15) is 0 Å². The van der Waals surface area contributed by atoms with E-state index in [-0.39, 0.29) is 12.0 Å². The molecular weight excluding hydrogens is 208 g/mol. The van der Waals surface area contributed by atoms with Crippen LogP contribution in [0.3, 0.4) is 0 Å². The van der Waals surface area contributed by atoms with E-state index in [9.17, 15) is 4.79 Å². The highest BCUT2D eigenvalue weighted by Gasteiger charge is 2.31. The predicted octanol–water partition coefficient (Wildman–Crippen LogP) is 0.282. The fourth-order valence-electron chi connectivity index (χ4n) is 1.41. The van der Waals surface area contributed by atoms with Crippen molar-refractivity contribution >= 4 is 5.91 Å². The van der Waals surface area contributed by atoms with Gasteiger partial charge >= 0.3 is 0 Å². The third kappa shape index (κ3) is 5.44. The van der Waals surface area contributed by atoms with Crippen molar-refractivity contribution in [1.29, 1.82) is 0 Å². The number of likely N-dealkylation sites (N-methyl/N-ethyl adjacent to an activating group) is 1. The number of hydrogen-bond acceptors (Lipinski definition) is 4. The Hall–Kier alpha value is -0.650. The van der Waals surface area contributed by atoms with E-state index in [1.807, 2.05) is 13.8 Å². The molecule has 0 radical (unpaired) electrons. The first-order valence-electron chi connectivity index (χ1n) is 5.64. The van der Waals surface area contributed by atoms with Crippen molar-refractivity contribution in [2.75, 3.05) is 26.9 Å². The zero-order valence-electron chi connectivity index (χ0n) is 10.7. The maximum Gasteiger partial charge on any atom is 0.237 e. The van der Waals surface area contributed by atoms with E-state index in [4.69, 9.17) is 15.2 Å². The van der Waals surface area contributed by atoms with Crippen LogP contribution in [-0.2, 0) is 14.3 Å². The maximum absolute atomic E-state index is 11.2. The molecule has 3 N–H and O–H groups in total. The highest BCUT2D eigenvalue weighted by atomic mass is 16.5. The van der Waals surface area contributed by atoms with Crippen LogP contribution in [-0.4, -0.2) is 44.4 Å². The van der Waals surface area contributed by atoms with Gasteiger partial charge in [-0.25, -0.2) is 0 Å². The molecule has 2 atom stereocenters. The summed E-state index contributed by atoms with van der Waals surface area (Å²) in [7, 11) is 1.72. The minimum atomic E-state index is -0.717. The molecule has 2 unspecified atom stereocenters. The second kappa shape index (κ2) is 7.60. The third-order valence-corrected chi connectivity index (χ3v) is 2.63. The molecule has 0 aliphatic carbocycles. The fraction of sp³-hybridized carbons (Fsp3) is 0.909. The Morgan fingerprint density at radius 3 is 2.56 bits per heavy atom. The molecular formula is C11H24N2O3. The van der Waals surface area contributed by atoms with Crippen molar-refractivity contribution in [2.45, 2.75) is 38.8 Å². The highest BCUT2D eigenvalue weighted by molar-refractivity contribution is 5.84. The van der Waals surface area contributed by atoms with Gasteiger partial charge < -0.3 is 20.5 Å². The lowest BCUT2D eigenvalue weighted by molar-refractivity contribution is -0.125. The minimum Gasteiger partial charge on any atom is -0.379 e. The summed E-state index contributed by atoms with van der Waals surface area (Å²) in [6.45, 7) is 7.44. The summed E-state index contributed by atoms with van der Waals surface area (Å²) in [6.07, 6.45) is 0.510. The molecule has 5 nitrogen and oxygen atoms in total. The summed E-state index contributed by atoms with van der Waals surface area (Å²) in [5, 5.41) is 2.92. The van der Waals surface area contributed by atoms with Crippen LogP contribution in [0.15, 0.2) is 0 Å². The molecule has 0 aliphatic rings. The summed E-state index contributed by atoms with van der Waals surface area (Å²) >= 11 is 0. The summed E-state index contributed by atoms with van der Waals surface area (Å²) < 4.78 is 10.7. The molecule has 0 aromatic carbocycles. The van der Waals surface area contributed by atoms with E-state index in [2.05, 4.69) is 5.32 Å².